The van der Waals surface area contributed by atoms with Gasteiger partial charge in [-0.2, -0.15) is 8.78 Å². The van der Waals surface area contributed by atoms with E-state index < -0.39 is 70.8 Å². The number of halogens is 3. The minimum atomic E-state index is -4.33. The summed E-state index contributed by atoms with van der Waals surface area (Å²) >= 11 is 5.64. The zero-order valence-corrected chi connectivity index (χ0v) is 17.1. The lowest BCUT2D eigenvalue weighted by Gasteiger charge is -2.29. The first kappa shape index (κ1) is 17.3. The smallest absolute Gasteiger partial charge is 0.346 e. The maximum Gasteiger partial charge on any atom is 0.349 e. The van der Waals surface area contributed by atoms with Gasteiger partial charge < -0.3 is 10.2 Å². The van der Waals surface area contributed by atoms with Gasteiger partial charge in [0.15, 0.2) is 0 Å². The molecule has 2 aliphatic heterocycles. The predicted octanol–water partition coefficient (Wildman–Crippen LogP) is 2.51. The number of alkyl halides is 2. The van der Waals surface area contributed by atoms with E-state index in [9.17, 15) is 28.0 Å². The molecule has 2 atom stereocenters. The van der Waals surface area contributed by atoms with Crippen LogP contribution >= 0.6 is 11.6 Å². The topological polar surface area (TPSA) is 95.6 Å². The summed E-state index contributed by atoms with van der Waals surface area (Å²) in [5.74, 6) is -7.73. The van der Waals surface area contributed by atoms with Crippen molar-refractivity contribution >= 4 is 35.2 Å². The van der Waals surface area contributed by atoms with E-state index in [1.807, 2.05) is 5.32 Å². The summed E-state index contributed by atoms with van der Waals surface area (Å²) in [6.45, 7) is -1.68. The molecule has 0 spiro atoms. The Morgan fingerprint density at radius 3 is 2.81 bits per heavy atom. The van der Waals surface area contributed by atoms with Gasteiger partial charge in [-0.3, -0.25) is 24.5 Å². The lowest BCUT2D eigenvalue weighted by Crippen LogP contribution is -2.52. The van der Waals surface area contributed by atoms with Crippen LogP contribution in [0.5, 0.6) is 0 Å². The normalized spacial score (nSPS) is 21.2. The van der Waals surface area contributed by atoms with E-state index in [2.05, 4.69) is 5.32 Å². The van der Waals surface area contributed by atoms with Crippen molar-refractivity contribution in [2.45, 2.75) is 37.9 Å². The molecule has 166 valence electrons. The van der Waals surface area contributed by atoms with Crippen LogP contribution in [0.25, 0.3) is 0 Å². The van der Waals surface area contributed by atoms with Crippen LogP contribution in [0.2, 0.25) is 5.02 Å². The molecule has 0 aliphatic carbocycles. The number of amides is 4. The number of rotatable bonds is 5. The van der Waals surface area contributed by atoms with Gasteiger partial charge in [0.1, 0.15) is 6.04 Å². The van der Waals surface area contributed by atoms with Crippen LogP contribution in [-0.4, -0.2) is 34.6 Å². The van der Waals surface area contributed by atoms with Crippen molar-refractivity contribution in [2.24, 2.45) is 0 Å². The Hall–Kier alpha value is -3.33. The molecule has 2 aliphatic rings. The van der Waals surface area contributed by atoms with E-state index >= 15 is 0 Å². The second-order valence-electron chi connectivity index (χ2n) is 7.28. The highest BCUT2D eigenvalue weighted by Gasteiger charge is 2.41. The average Bonchev–Trinajstić information content (AvgIpc) is 3.15. The Morgan fingerprint density at radius 1 is 1.28 bits per heavy atom. The molecule has 0 radical (unpaired) electrons. The third kappa shape index (κ3) is 4.08. The van der Waals surface area contributed by atoms with Gasteiger partial charge in [0.05, 0.1) is 5.48 Å². The van der Waals surface area contributed by atoms with Crippen molar-refractivity contribution in [3.05, 3.63) is 69.7 Å². The highest BCUT2D eigenvalue weighted by molar-refractivity contribution is 6.30. The minimum absolute atomic E-state index is 0.00333. The fourth-order valence-corrected chi connectivity index (χ4v) is 3.65. The fraction of sp³-hybridized carbons (Fsp3) is 0.273. The van der Waals surface area contributed by atoms with Crippen LogP contribution in [0.3, 0.4) is 0 Å². The van der Waals surface area contributed by atoms with Crippen molar-refractivity contribution in [3.63, 3.8) is 0 Å². The van der Waals surface area contributed by atoms with Gasteiger partial charge in [0.2, 0.25) is 11.8 Å². The molecule has 32 heavy (non-hydrogen) atoms. The second-order valence-corrected chi connectivity index (χ2v) is 7.65. The number of benzene rings is 2. The van der Waals surface area contributed by atoms with Gasteiger partial charge in [-0.1, -0.05) is 35.8 Å². The standard InChI is InChI=1S/C22H18ClF2N3O4/c23-15-4-2-14(3-5-15)22(24,25)21(32)26-10-12-1-6-16-13(9-12)11-28(20(16)31)17-7-8-18(29)27-19(17)30/h1-6,9,17H,7-8,10-11H2,(H,26,32)(H,27,29,30)/i2D,4D,5D,10D. The average molecular weight is 466 g/mol. The van der Waals surface area contributed by atoms with Gasteiger partial charge in [-0.05, 0) is 35.7 Å². The molecule has 2 N–H and O–H groups in total. The molecule has 2 aromatic rings. The highest BCUT2D eigenvalue weighted by Crippen LogP contribution is 2.30. The van der Waals surface area contributed by atoms with Crippen LogP contribution in [0.15, 0.2) is 42.4 Å². The zero-order chi connectivity index (χ0) is 26.5. The Balaban J connectivity index is 1.52. The number of imide groups is 1. The molecular weight excluding hydrogens is 444 g/mol. The van der Waals surface area contributed by atoms with E-state index in [4.69, 9.17) is 17.1 Å². The van der Waals surface area contributed by atoms with E-state index in [1.54, 1.807) is 0 Å². The number of carbonyl (C=O) groups is 4. The van der Waals surface area contributed by atoms with Gasteiger partial charge in [0, 0.05) is 35.6 Å². The van der Waals surface area contributed by atoms with Crippen LogP contribution in [0, 0.1) is 0 Å². The highest BCUT2D eigenvalue weighted by atomic mass is 35.5. The molecule has 4 rings (SSSR count). The van der Waals surface area contributed by atoms with Gasteiger partial charge in [-0.25, -0.2) is 0 Å². The molecule has 2 heterocycles. The van der Waals surface area contributed by atoms with E-state index in [-0.39, 0.29) is 30.5 Å². The van der Waals surface area contributed by atoms with Crippen molar-refractivity contribution in [3.8, 4) is 0 Å². The number of nitrogens with one attached hydrogen (secondary N) is 2. The lowest BCUT2D eigenvalue weighted by atomic mass is 10.0. The molecule has 0 bridgehead atoms. The summed E-state index contributed by atoms with van der Waals surface area (Å²) < 4.78 is 60.7. The van der Waals surface area contributed by atoms with E-state index in [1.165, 1.54) is 23.1 Å². The molecule has 7 nitrogen and oxygen atoms in total. The number of piperidine rings is 1. The van der Waals surface area contributed by atoms with E-state index in [0.717, 1.165) is 0 Å². The molecule has 2 aromatic carbocycles. The number of hydrogen-bond acceptors (Lipinski definition) is 4. The van der Waals surface area contributed by atoms with Gasteiger partial charge in [0.25, 0.3) is 11.8 Å². The van der Waals surface area contributed by atoms with E-state index in [0.29, 0.717) is 11.6 Å². The molecule has 4 amide bonds. The Kier molecular flexibility index (Phi) is 4.48. The lowest BCUT2D eigenvalue weighted by molar-refractivity contribution is -0.147. The largest absolute Gasteiger partial charge is 0.349 e. The first-order valence-electron chi connectivity index (χ1n) is 11.6. The molecule has 0 aromatic heterocycles. The maximum absolute atomic E-state index is 14.8. The van der Waals surface area contributed by atoms with Crippen LogP contribution in [0.4, 0.5) is 8.78 Å². The van der Waals surface area contributed by atoms with Crippen molar-refractivity contribution < 1.29 is 33.4 Å². The quantitative estimate of drug-likeness (QED) is 0.663. The first-order chi connectivity index (χ1) is 16.8. The molecule has 1 fully saturated rings. The monoisotopic (exact) mass is 465 g/mol. The summed E-state index contributed by atoms with van der Waals surface area (Å²) in [5.41, 5.74) is -0.436. The Morgan fingerprint density at radius 2 is 2.06 bits per heavy atom. The fourth-order valence-electron chi connectivity index (χ4n) is 3.55. The van der Waals surface area contributed by atoms with Crippen LogP contribution in [-0.2, 0) is 33.4 Å². The van der Waals surface area contributed by atoms with Crippen molar-refractivity contribution in [2.75, 3.05) is 0 Å². The van der Waals surface area contributed by atoms with Crippen molar-refractivity contribution in [1.29, 1.82) is 0 Å². The zero-order valence-electron chi connectivity index (χ0n) is 20.3. The van der Waals surface area contributed by atoms with Gasteiger partial charge >= 0.3 is 5.92 Å². The summed E-state index contributed by atoms with van der Waals surface area (Å²) in [7, 11) is 0. The Bertz CT molecular complexity index is 1330. The Labute approximate surface area is 192 Å². The number of nitrogens with zero attached hydrogens (tertiary/aromatic N) is 1. The number of carbonyl (C=O) groups excluding carboxylic acids is 4. The molecular formula is C22H18ClF2N3O4. The number of fused-ring (bicyclic) bond motifs is 1. The van der Waals surface area contributed by atoms with Crippen LogP contribution in [0.1, 0.15) is 45.4 Å². The van der Waals surface area contributed by atoms with Gasteiger partial charge in [-0.15, -0.1) is 0 Å². The SMILES string of the molecule is [2H]c1cc(C(F)(F)C(=O)NC([2H])c2ccc3c(c2)CN(C2CCC(=O)NC2=O)C3=O)c([2H])c([2H])c1Cl. The number of hydrogen-bond donors (Lipinski definition) is 2. The first-order valence-corrected chi connectivity index (χ1v) is 9.86. The molecule has 0 saturated carbocycles. The van der Waals surface area contributed by atoms with Crippen LogP contribution < -0.4 is 10.6 Å². The predicted molar refractivity (Wildman–Crippen MR) is 110 cm³/mol. The second kappa shape index (κ2) is 8.31. The van der Waals surface area contributed by atoms with Crippen molar-refractivity contribution in [1.82, 2.24) is 15.5 Å². The molecule has 10 heteroatoms. The summed E-state index contributed by atoms with van der Waals surface area (Å²) in [6.07, 6.45) is 0.236. The summed E-state index contributed by atoms with van der Waals surface area (Å²) in [6, 6.07) is 1.27. The third-order valence-corrected chi connectivity index (χ3v) is 5.39. The maximum atomic E-state index is 14.8. The third-order valence-electron chi connectivity index (χ3n) is 5.19. The summed E-state index contributed by atoms with van der Waals surface area (Å²) in [4.78, 5) is 50.0. The summed E-state index contributed by atoms with van der Waals surface area (Å²) in [5, 5.41) is 3.52. The minimum Gasteiger partial charge on any atom is -0.346 e. The molecule has 1 saturated heterocycles. The molecule has 2 unspecified atom stereocenters.